The van der Waals surface area contributed by atoms with Crippen LogP contribution in [-0.4, -0.2) is 0 Å². The molecule has 1 aromatic rings. The normalized spacial score (nSPS) is 7.36. The summed E-state index contributed by atoms with van der Waals surface area (Å²) in [5.41, 5.74) is 2.16. The van der Waals surface area contributed by atoms with Crippen LogP contribution in [-0.2, 0) is 32.7 Å². The van der Waals surface area contributed by atoms with E-state index < -0.39 is 0 Å². The Kier molecular flexibility index (Phi) is 8.38. The van der Waals surface area contributed by atoms with Gasteiger partial charge in [-0.15, -0.1) is 48.0 Å². The van der Waals surface area contributed by atoms with Crippen molar-refractivity contribution in [2.75, 3.05) is 0 Å². The number of allylic oxidation sites excluding steroid dienone is 1. The molecule has 1 radical (unpaired) electrons. The minimum atomic E-state index is 0. The van der Waals surface area contributed by atoms with E-state index in [2.05, 4.69) is 12.6 Å². The molecular formula is C10H13Y-. The molecule has 0 fully saturated rings. The molecule has 0 aromatic heterocycles. The number of hydrogen-bond acceptors (Lipinski definition) is 0. The first-order valence-corrected chi connectivity index (χ1v) is 2.93. The maximum Gasteiger partial charge on any atom is 0 e. The molecule has 0 nitrogen and oxygen atoms in total. The van der Waals surface area contributed by atoms with Crippen molar-refractivity contribution in [2.24, 2.45) is 0 Å². The molecule has 0 heterocycles. The average molecular weight is 222 g/mol. The predicted molar refractivity (Wildman–Crippen MR) is 46.7 cm³/mol. The van der Waals surface area contributed by atoms with Gasteiger partial charge in [-0.3, -0.25) is 0 Å². The van der Waals surface area contributed by atoms with Crippen LogP contribution in [0.4, 0.5) is 0 Å². The molecular weight excluding hydrogens is 209 g/mol. The van der Waals surface area contributed by atoms with Gasteiger partial charge in [-0.1, -0.05) is 14.4 Å². The molecule has 57 valence electrons. The van der Waals surface area contributed by atoms with Crippen LogP contribution in [0.1, 0.15) is 19.9 Å². The van der Waals surface area contributed by atoms with Gasteiger partial charge in [0.1, 0.15) is 0 Å². The topological polar surface area (TPSA) is 0 Å². The second-order valence-corrected chi connectivity index (χ2v) is 2.06. The molecule has 0 amide bonds. The van der Waals surface area contributed by atoms with Crippen LogP contribution in [0.3, 0.4) is 0 Å². The Balaban J connectivity index is 0. The number of rotatable bonds is 1. The van der Waals surface area contributed by atoms with Crippen LogP contribution < -0.4 is 0 Å². The molecule has 1 heteroatoms. The van der Waals surface area contributed by atoms with Gasteiger partial charge in [0.25, 0.3) is 0 Å². The fourth-order valence-electron chi connectivity index (χ4n) is 0.659. The molecule has 11 heavy (non-hydrogen) atoms. The van der Waals surface area contributed by atoms with Crippen LogP contribution in [0.15, 0.2) is 30.8 Å². The van der Waals surface area contributed by atoms with Crippen molar-refractivity contribution < 1.29 is 32.7 Å². The largest absolute Gasteiger partial charge is 0.148 e. The van der Waals surface area contributed by atoms with Gasteiger partial charge in [0.05, 0.1) is 0 Å². The van der Waals surface area contributed by atoms with Gasteiger partial charge in [0.15, 0.2) is 0 Å². The average Bonchev–Trinajstić information content (AvgIpc) is 1.90. The fourth-order valence-corrected chi connectivity index (χ4v) is 0.659. The first-order chi connectivity index (χ1) is 4.30. The third-order valence-corrected chi connectivity index (χ3v) is 1.17. The van der Waals surface area contributed by atoms with Crippen LogP contribution >= 0.6 is 0 Å². The van der Waals surface area contributed by atoms with Gasteiger partial charge in [-0.2, -0.15) is 0 Å². The molecule has 1 rings (SSSR count). The van der Waals surface area contributed by atoms with E-state index in [9.17, 15) is 0 Å². The number of hydrogen-bond donors (Lipinski definition) is 0. The van der Waals surface area contributed by atoms with Gasteiger partial charge in [0, 0.05) is 32.7 Å². The van der Waals surface area contributed by atoms with Gasteiger partial charge in [0.2, 0.25) is 0 Å². The molecule has 0 N–H and O–H groups in total. The molecule has 0 unspecified atom stereocenters. The van der Waals surface area contributed by atoms with Gasteiger partial charge in [-0.25, -0.2) is 0 Å². The summed E-state index contributed by atoms with van der Waals surface area (Å²) in [6.07, 6.45) is 0. The maximum atomic E-state index is 3.79. The zero-order chi connectivity index (χ0) is 6.69. The van der Waals surface area contributed by atoms with Crippen LogP contribution in [0.25, 0.3) is 5.57 Å². The number of benzene rings is 1. The molecule has 0 bridgehead atoms. The minimum absolute atomic E-state index is 0. The van der Waals surface area contributed by atoms with E-state index in [1.54, 1.807) is 0 Å². The van der Waals surface area contributed by atoms with E-state index in [-0.39, 0.29) is 40.1 Å². The van der Waals surface area contributed by atoms with Crippen molar-refractivity contribution in [3.05, 3.63) is 42.5 Å². The van der Waals surface area contributed by atoms with Crippen molar-refractivity contribution in [3.8, 4) is 0 Å². The SMILES string of the molecule is C.C=C(C)c1[c-]cccc1.[Y]. The van der Waals surface area contributed by atoms with Gasteiger partial charge in [-0.05, 0) is 0 Å². The molecule has 0 saturated carbocycles. The Bertz CT molecular complexity index is 201. The zero-order valence-electron chi connectivity index (χ0n) is 6.09. The molecule has 0 spiro atoms. The molecule has 0 aliphatic rings. The maximum absolute atomic E-state index is 3.79. The smallest absolute Gasteiger partial charge is 0 e. The van der Waals surface area contributed by atoms with Crippen molar-refractivity contribution >= 4 is 5.57 Å². The van der Waals surface area contributed by atoms with E-state index >= 15 is 0 Å². The molecule has 1 aromatic carbocycles. The van der Waals surface area contributed by atoms with Crippen LogP contribution in [0.2, 0.25) is 0 Å². The predicted octanol–water partition coefficient (Wildman–Crippen LogP) is 3.15. The second-order valence-electron chi connectivity index (χ2n) is 2.06. The van der Waals surface area contributed by atoms with Crippen LogP contribution in [0.5, 0.6) is 0 Å². The molecule has 0 aliphatic carbocycles. The summed E-state index contributed by atoms with van der Waals surface area (Å²) >= 11 is 0. The van der Waals surface area contributed by atoms with E-state index in [0.717, 1.165) is 11.1 Å². The second kappa shape index (κ2) is 6.75. The fraction of sp³-hybridized carbons (Fsp3) is 0.200. The molecule has 0 aliphatic heterocycles. The van der Waals surface area contributed by atoms with E-state index in [1.165, 1.54) is 0 Å². The Hall–Kier alpha value is 0.0639. The summed E-state index contributed by atoms with van der Waals surface area (Å²) in [5.74, 6) is 0. The van der Waals surface area contributed by atoms with Crippen molar-refractivity contribution in [3.63, 3.8) is 0 Å². The first-order valence-electron chi connectivity index (χ1n) is 2.93. The molecule has 0 saturated heterocycles. The standard InChI is InChI=1S/C9H9.CH4.Y/c1-8(2)9-6-4-3-5-7-9;;/h3-6H,1H2,2H3;1H4;/q-1;;. The Labute approximate surface area is 94.6 Å². The Morgan fingerprint density at radius 1 is 1.45 bits per heavy atom. The Morgan fingerprint density at radius 3 is 2.36 bits per heavy atom. The van der Waals surface area contributed by atoms with E-state index in [1.807, 2.05) is 31.2 Å². The quantitative estimate of drug-likeness (QED) is 0.640. The van der Waals surface area contributed by atoms with E-state index in [0.29, 0.717) is 0 Å². The summed E-state index contributed by atoms with van der Waals surface area (Å²) in [5, 5.41) is 0. The summed E-state index contributed by atoms with van der Waals surface area (Å²) in [6, 6.07) is 10.9. The molecule has 0 atom stereocenters. The van der Waals surface area contributed by atoms with Gasteiger partial charge >= 0.3 is 0 Å². The van der Waals surface area contributed by atoms with Crippen LogP contribution in [0, 0.1) is 6.07 Å². The monoisotopic (exact) mass is 222 g/mol. The summed E-state index contributed by atoms with van der Waals surface area (Å²) in [6.45, 7) is 5.77. The van der Waals surface area contributed by atoms with Crippen molar-refractivity contribution in [1.29, 1.82) is 0 Å². The van der Waals surface area contributed by atoms with Gasteiger partial charge < -0.3 is 0 Å². The minimum Gasteiger partial charge on any atom is -0.148 e. The summed E-state index contributed by atoms with van der Waals surface area (Å²) in [4.78, 5) is 0. The summed E-state index contributed by atoms with van der Waals surface area (Å²) in [7, 11) is 0. The third-order valence-electron chi connectivity index (χ3n) is 1.17. The zero-order valence-corrected chi connectivity index (χ0v) is 8.93. The van der Waals surface area contributed by atoms with E-state index in [4.69, 9.17) is 0 Å². The first kappa shape index (κ1) is 13.6. The van der Waals surface area contributed by atoms with Crippen molar-refractivity contribution in [2.45, 2.75) is 14.4 Å². The van der Waals surface area contributed by atoms with Crippen molar-refractivity contribution in [1.82, 2.24) is 0 Å². The third kappa shape index (κ3) is 4.50. The Morgan fingerprint density at radius 2 is 2.09 bits per heavy atom. The summed E-state index contributed by atoms with van der Waals surface area (Å²) < 4.78 is 0.